The van der Waals surface area contributed by atoms with Gasteiger partial charge in [-0.1, -0.05) is 31.4 Å². The molecule has 0 bridgehead atoms. The van der Waals surface area contributed by atoms with E-state index in [1.54, 1.807) is 12.1 Å². The molecule has 1 aromatic carbocycles. The normalized spacial score (nSPS) is 15.8. The summed E-state index contributed by atoms with van der Waals surface area (Å²) >= 11 is 0. The lowest BCUT2D eigenvalue weighted by Crippen LogP contribution is -2.60. The maximum absolute atomic E-state index is 13.0. The summed E-state index contributed by atoms with van der Waals surface area (Å²) in [5, 5.41) is 3.08. The number of anilines is 1. The molecule has 0 heterocycles. The van der Waals surface area contributed by atoms with Crippen LogP contribution in [0.15, 0.2) is 24.3 Å². The van der Waals surface area contributed by atoms with Crippen molar-refractivity contribution in [2.45, 2.75) is 57.9 Å². The van der Waals surface area contributed by atoms with Crippen molar-refractivity contribution in [3.8, 4) is 0 Å². The lowest BCUT2D eigenvalue weighted by Gasteiger charge is -2.40. The number of nitrogen functional groups attached to an aromatic ring is 1. The SMILES string of the molecule is CCN(CC)C(=O)C1(NC(=O)Cc2ccc(N)cc2)CCCCC1.Cl. The van der Waals surface area contributed by atoms with Gasteiger partial charge in [0.15, 0.2) is 0 Å². The first kappa shape index (κ1) is 21.3. The molecule has 0 saturated heterocycles. The summed E-state index contributed by atoms with van der Waals surface area (Å²) in [6.45, 7) is 5.30. The number of rotatable bonds is 6. The predicted molar refractivity (Wildman–Crippen MR) is 104 cm³/mol. The molecular weight excluding hydrogens is 338 g/mol. The maximum Gasteiger partial charge on any atom is 0.248 e. The van der Waals surface area contributed by atoms with Gasteiger partial charge in [-0.05, 0) is 44.4 Å². The number of nitrogens with one attached hydrogen (secondary N) is 1. The van der Waals surface area contributed by atoms with Gasteiger partial charge in [0.05, 0.1) is 6.42 Å². The molecule has 1 saturated carbocycles. The molecule has 0 spiro atoms. The van der Waals surface area contributed by atoms with E-state index in [4.69, 9.17) is 5.73 Å². The fraction of sp³-hybridized carbons (Fsp3) is 0.579. The molecule has 1 aliphatic carbocycles. The highest BCUT2D eigenvalue weighted by atomic mass is 35.5. The largest absolute Gasteiger partial charge is 0.399 e. The van der Waals surface area contributed by atoms with Crippen LogP contribution >= 0.6 is 12.4 Å². The molecule has 0 unspecified atom stereocenters. The van der Waals surface area contributed by atoms with Crippen molar-refractivity contribution in [3.05, 3.63) is 29.8 Å². The highest BCUT2D eigenvalue weighted by Gasteiger charge is 2.42. The van der Waals surface area contributed by atoms with E-state index in [1.807, 2.05) is 30.9 Å². The van der Waals surface area contributed by atoms with Gasteiger partial charge in [0.1, 0.15) is 5.54 Å². The van der Waals surface area contributed by atoms with E-state index in [0.29, 0.717) is 18.8 Å². The van der Waals surface area contributed by atoms with Crippen LogP contribution in [0.1, 0.15) is 51.5 Å². The van der Waals surface area contributed by atoms with Crippen LogP contribution < -0.4 is 11.1 Å². The second-order valence-corrected chi connectivity index (χ2v) is 6.59. The molecule has 1 aromatic rings. The van der Waals surface area contributed by atoms with E-state index in [-0.39, 0.29) is 30.6 Å². The first-order chi connectivity index (χ1) is 11.5. The van der Waals surface area contributed by atoms with Crippen LogP contribution in [0.3, 0.4) is 0 Å². The number of carbonyl (C=O) groups excluding carboxylic acids is 2. The van der Waals surface area contributed by atoms with E-state index in [9.17, 15) is 9.59 Å². The third kappa shape index (κ3) is 5.36. The average molecular weight is 368 g/mol. The van der Waals surface area contributed by atoms with Crippen LogP contribution in [0, 0.1) is 0 Å². The predicted octanol–water partition coefficient (Wildman–Crippen LogP) is 2.92. The second kappa shape index (κ2) is 9.66. The Morgan fingerprint density at radius 1 is 1.08 bits per heavy atom. The van der Waals surface area contributed by atoms with Crippen LogP contribution in [0.25, 0.3) is 0 Å². The first-order valence-electron chi connectivity index (χ1n) is 8.95. The number of halogens is 1. The van der Waals surface area contributed by atoms with Crippen molar-refractivity contribution in [1.29, 1.82) is 0 Å². The Morgan fingerprint density at radius 2 is 1.64 bits per heavy atom. The Balaban J connectivity index is 0.00000312. The molecule has 1 fully saturated rings. The third-order valence-corrected chi connectivity index (χ3v) is 4.89. The molecule has 140 valence electrons. The van der Waals surface area contributed by atoms with E-state index >= 15 is 0 Å². The van der Waals surface area contributed by atoms with Crippen molar-refractivity contribution in [2.24, 2.45) is 0 Å². The van der Waals surface area contributed by atoms with Gasteiger partial charge in [-0.25, -0.2) is 0 Å². The molecule has 0 aliphatic heterocycles. The average Bonchev–Trinajstić information content (AvgIpc) is 2.58. The Morgan fingerprint density at radius 3 is 2.16 bits per heavy atom. The van der Waals surface area contributed by atoms with Crippen LogP contribution in [0.2, 0.25) is 0 Å². The minimum Gasteiger partial charge on any atom is -0.399 e. The Bertz CT molecular complexity index is 565. The fourth-order valence-electron chi connectivity index (χ4n) is 3.49. The van der Waals surface area contributed by atoms with E-state index in [2.05, 4.69) is 5.32 Å². The molecule has 1 aliphatic rings. The summed E-state index contributed by atoms with van der Waals surface area (Å²) in [6.07, 6.45) is 4.82. The molecule has 2 rings (SSSR count). The molecule has 0 radical (unpaired) electrons. The Kier molecular flexibility index (Phi) is 8.23. The van der Waals surface area contributed by atoms with Crippen molar-refractivity contribution >= 4 is 29.9 Å². The molecule has 3 N–H and O–H groups in total. The van der Waals surface area contributed by atoms with Gasteiger partial charge < -0.3 is 16.0 Å². The maximum atomic E-state index is 13.0. The topological polar surface area (TPSA) is 75.4 Å². The van der Waals surface area contributed by atoms with Gasteiger partial charge in [-0.2, -0.15) is 0 Å². The van der Waals surface area contributed by atoms with Crippen molar-refractivity contribution in [1.82, 2.24) is 10.2 Å². The van der Waals surface area contributed by atoms with Crippen LogP contribution in [0.4, 0.5) is 5.69 Å². The number of hydrogen-bond donors (Lipinski definition) is 2. The van der Waals surface area contributed by atoms with Crippen molar-refractivity contribution in [2.75, 3.05) is 18.8 Å². The van der Waals surface area contributed by atoms with Crippen LogP contribution in [-0.4, -0.2) is 35.3 Å². The lowest BCUT2D eigenvalue weighted by molar-refractivity contribution is -0.143. The molecule has 0 atom stereocenters. The number of hydrogen-bond acceptors (Lipinski definition) is 3. The summed E-state index contributed by atoms with van der Waals surface area (Å²) in [7, 11) is 0. The van der Waals surface area contributed by atoms with E-state index in [0.717, 1.165) is 37.7 Å². The minimum absolute atomic E-state index is 0. The van der Waals surface area contributed by atoms with E-state index < -0.39 is 5.54 Å². The zero-order valence-corrected chi connectivity index (χ0v) is 16.0. The second-order valence-electron chi connectivity index (χ2n) is 6.59. The van der Waals surface area contributed by atoms with Gasteiger partial charge in [0.25, 0.3) is 0 Å². The van der Waals surface area contributed by atoms with Crippen LogP contribution in [0.5, 0.6) is 0 Å². The third-order valence-electron chi connectivity index (χ3n) is 4.89. The van der Waals surface area contributed by atoms with Gasteiger partial charge >= 0.3 is 0 Å². The summed E-state index contributed by atoms with van der Waals surface area (Å²) in [5.41, 5.74) is 6.54. The summed E-state index contributed by atoms with van der Waals surface area (Å²) in [5.74, 6) is -0.0277. The molecule has 0 aromatic heterocycles. The quantitative estimate of drug-likeness (QED) is 0.759. The highest BCUT2D eigenvalue weighted by molar-refractivity contribution is 5.92. The lowest BCUT2D eigenvalue weighted by atomic mass is 9.80. The molecule has 5 nitrogen and oxygen atoms in total. The minimum atomic E-state index is -0.727. The van der Waals surface area contributed by atoms with Crippen molar-refractivity contribution in [3.63, 3.8) is 0 Å². The van der Waals surface area contributed by atoms with Gasteiger partial charge in [-0.3, -0.25) is 9.59 Å². The Labute approximate surface area is 156 Å². The van der Waals surface area contributed by atoms with Gasteiger partial charge in [0, 0.05) is 18.8 Å². The summed E-state index contributed by atoms with van der Waals surface area (Å²) < 4.78 is 0. The standard InChI is InChI=1S/C19H29N3O2.ClH/c1-3-22(4-2)18(24)19(12-6-5-7-13-19)21-17(23)14-15-8-10-16(20)11-9-15;/h8-11H,3-7,12-14,20H2,1-2H3,(H,21,23);1H. The zero-order valence-electron chi connectivity index (χ0n) is 15.2. The number of likely N-dealkylation sites (N-methyl/N-ethyl adjacent to an activating group) is 1. The van der Waals surface area contributed by atoms with Gasteiger partial charge in [-0.15, -0.1) is 12.4 Å². The number of carbonyl (C=O) groups is 2. The summed E-state index contributed by atoms with van der Waals surface area (Å²) in [4.78, 5) is 27.4. The number of benzene rings is 1. The monoisotopic (exact) mass is 367 g/mol. The summed E-state index contributed by atoms with van der Waals surface area (Å²) in [6, 6.07) is 7.30. The molecule has 25 heavy (non-hydrogen) atoms. The first-order valence-corrected chi connectivity index (χ1v) is 8.95. The zero-order chi connectivity index (χ0) is 17.6. The number of nitrogens with two attached hydrogens (primary N) is 1. The fourth-order valence-corrected chi connectivity index (χ4v) is 3.49. The van der Waals surface area contributed by atoms with Crippen LogP contribution in [-0.2, 0) is 16.0 Å². The molecule has 6 heteroatoms. The van der Waals surface area contributed by atoms with E-state index in [1.165, 1.54) is 0 Å². The molecule has 2 amide bonds. The highest BCUT2D eigenvalue weighted by Crippen LogP contribution is 2.30. The van der Waals surface area contributed by atoms with Gasteiger partial charge in [0.2, 0.25) is 11.8 Å². The molecular formula is C19H30ClN3O2. The number of nitrogens with zero attached hydrogens (tertiary/aromatic N) is 1. The van der Waals surface area contributed by atoms with Crippen molar-refractivity contribution < 1.29 is 9.59 Å². The smallest absolute Gasteiger partial charge is 0.248 e. The number of amides is 2. The Hall–Kier alpha value is -1.75.